The lowest BCUT2D eigenvalue weighted by Crippen LogP contribution is -1.76. The minimum Gasteiger partial charge on any atom is -0.165 e. The summed E-state index contributed by atoms with van der Waals surface area (Å²) < 4.78 is 0. The molecule has 56 valence electrons. The van der Waals surface area contributed by atoms with E-state index in [1.165, 1.54) is 11.5 Å². The van der Waals surface area contributed by atoms with Crippen molar-refractivity contribution >= 4 is 23.5 Å². The Morgan fingerprint density at radius 1 is 1.33 bits per heavy atom. The van der Waals surface area contributed by atoms with E-state index < -0.39 is 0 Å². The molecule has 0 atom stereocenters. The lowest BCUT2D eigenvalue weighted by molar-refractivity contribution is 1.50. The van der Waals surface area contributed by atoms with Gasteiger partial charge in [-0.3, -0.25) is 0 Å². The highest BCUT2D eigenvalue weighted by Crippen LogP contribution is 2.02. The molecule has 0 nitrogen and oxygen atoms in total. The van der Waals surface area contributed by atoms with Crippen LogP contribution in [0.1, 0.15) is 13.8 Å². The van der Waals surface area contributed by atoms with Crippen LogP contribution >= 0.6 is 23.5 Å². The van der Waals surface area contributed by atoms with E-state index in [0.29, 0.717) is 0 Å². The van der Waals surface area contributed by atoms with Gasteiger partial charge in [-0.05, 0) is 11.7 Å². The van der Waals surface area contributed by atoms with Gasteiger partial charge in [0.25, 0.3) is 0 Å². The van der Waals surface area contributed by atoms with Crippen molar-refractivity contribution in [2.75, 3.05) is 17.8 Å². The molecule has 0 radical (unpaired) electrons. The zero-order valence-electron chi connectivity index (χ0n) is 6.52. The molecule has 0 aliphatic heterocycles. The maximum Gasteiger partial charge on any atom is 0.00648 e. The molecule has 0 unspecified atom stereocenters. The molecule has 0 saturated carbocycles. The molecule has 0 saturated heterocycles. The molecule has 0 N–H and O–H groups in total. The summed E-state index contributed by atoms with van der Waals surface area (Å²) in [5.74, 6) is 2.43. The van der Waals surface area contributed by atoms with E-state index >= 15 is 0 Å². The largest absolute Gasteiger partial charge is 0.165 e. The summed E-state index contributed by atoms with van der Waals surface area (Å²) in [5.41, 5.74) is 0. The first kappa shape index (κ1) is 12.1. The minimum atomic E-state index is 1.20. The molecule has 0 rings (SSSR count). The van der Waals surface area contributed by atoms with Crippen molar-refractivity contribution in [2.24, 2.45) is 0 Å². The van der Waals surface area contributed by atoms with Gasteiger partial charge in [-0.25, -0.2) is 0 Å². The monoisotopic (exact) mass is 164 g/mol. The van der Waals surface area contributed by atoms with E-state index in [0.717, 1.165) is 0 Å². The van der Waals surface area contributed by atoms with Crippen molar-refractivity contribution < 1.29 is 0 Å². The Bertz CT molecular complexity index is 44.2. The molecule has 0 amide bonds. The van der Waals surface area contributed by atoms with Gasteiger partial charge in [-0.2, -0.15) is 11.8 Å². The summed E-state index contributed by atoms with van der Waals surface area (Å²) in [7, 11) is 0. The van der Waals surface area contributed by atoms with Crippen LogP contribution in [0.2, 0.25) is 0 Å². The predicted molar refractivity (Wildman–Crippen MR) is 52.4 cm³/mol. The molecule has 0 fully saturated rings. The normalized spacial score (nSPS) is 7.44. The molecule has 0 heterocycles. The molecule has 0 aliphatic rings. The zero-order chi connectivity index (χ0) is 7.54. The number of hydrogen-bond acceptors (Lipinski definition) is 2. The second-order valence-electron chi connectivity index (χ2n) is 1.03. The molecule has 0 aromatic rings. The highest BCUT2D eigenvalue weighted by Gasteiger charge is 1.77. The first-order chi connectivity index (χ1) is 4.41. The minimum absolute atomic E-state index is 1.20. The highest BCUT2D eigenvalue weighted by atomic mass is 32.2. The summed E-state index contributed by atoms with van der Waals surface area (Å²) in [6.45, 7) is 7.59. The van der Waals surface area contributed by atoms with Crippen LogP contribution in [0, 0.1) is 0 Å². The van der Waals surface area contributed by atoms with Crippen LogP contribution < -0.4 is 0 Å². The smallest absolute Gasteiger partial charge is 0.00648 e. The standard InChI is InChI=1S/C5H10S2.C2H6/c1-3-7-5-4-6-2;1-2/h3H,1,4-5H2,2H3;1-2H3. The van der Waals surface area contributed by atoms with Crippen molar-refractivity contribution in [3.05, 3.63) is 12.0 Å². The zero-order valence-corrected chi connectivity index (χ0v) is 8.15. The van der Waals surface area contributed by atoms with E-state index in [-0.39, 0.29) is 0 Å². The Morgan fingerprint density at radius 2 is 1.89 bits per heavy atom. The van der Waals surface area contributed by atoms with Crippen molar-refractivity contribution in [3.63, 3.8) is 0 Å². The highest BCUT2D eigenvalue weighted by molar-refractivity contribution is 8.04. The fraction of sp³-hybridized carbons (Fsp3) is 0.714. The molecular formula is C7H16S2. The summed E-state index contributed by atoms with van der Waals surface area (Å²) >= 11 is 3.65. The Morgan fingerprint density at radius 3 is 2.22 bits per heavy atom. The van der Waals surface area contributed by atoms with Crippen LogP contribution in [0.25, 0.3) is 0 Å². The quantitative estimate of drug-likeness (QED) is 0.585. The lowest BCUT2D eigenvalue weighted by atomic mass is 11.0. The maximum atomic E-state index is 3.59. The SMILES string of the molecule is C=CSCCSC.CC. The van der Waals surface area contributed by atoms with Gasteiger partial charge >= 0.3 is 0 Å². The first-order valence-electron chi connectivity index (χ1n) is 3.13. The number of thioether (sulfide) groups is 2. The van der Waals surface area contributed by atoms with Crippen LogP contribution in [0.15, 0.2) is 12.0 Å². The second-order valence-corrected chi connectivity index (χ2v) is 3.09. The van der Waals surface area contributed by atoms with Gasteiger partial charge in [0.2, 0.25) is 0 Å². The lowest BCUT2D eigenvalue weighted by Gasteiger charge is -1.88. The third kappa shape index (κ3) is 17.8. The van der Waals surface area contributed by atoms with Crippen LogP contribution in [-0.4, -0.2) is 17.8 Å². The summed E-state index contributed by atoms with van der Waals surface area (Å²) in [6.07, 6.45) is 2.11. The maximum absolute atomic E-state index is 3.59. The van der Waals surface area contributed by atoms with E-state index in [2.05, 4.69) is 12.8 Å². The van der Waals surface area contributed by atoms with Crippen molar-refractivity contribution in [2.45, 2.75) is 13.8 Å². The van der Waals surface area contributed by atoms with Gasteiger partial charge in [0.15, 0.2) is 0 Å². The van der Waals surface area contributed by atoms with Crippen LogP contribution in [-0.2, 0) is 0 Å². The number of hydrogen-bond donors (Lipinski definition) is 0. The Labute approximate surface area is 67.5 Å². The summed E-state index contributed by atoms with van der Waals surface area (Å²) in [6, 6.07) is 0. The second kappa shape index (κ2) is 15.8. The fourth-order valence-electron chi connectivity index (χ4n) is 0.215. The Kier molecular flexibility index (Phi) is 21.3. The predicted octanol–water partition coefficient (Wildman–Crippen LogP) is 3.25. The van der Waals surface area contributed by atoms with E-state index in [4.69, 9.17) is 0 Å². The average molecular weight is 164 g/mol. The van der Waals surface area contributed by atoms with Gasteiger partial charge in [0, 0.05) is 11.5 Å². The Balaban J connectivity index is 0. The van der Waals surface area contributed by atoms with Gasteiger partial charge in [0.1, 0.15) is 0 Å². The molecular weight excluding hydrogens is 148 g/mol. The average Bonchev–Trinajstić information content (AvgIpc) is 1.94. The van der Waals surface area contributed by atoms with Gasteiger partial charge in [0.05, 0.1) is 0 Å². The van der Waals surface area contributed by atoms with Crippen LogP contribution in [0.5, 0.6) is 0 Å². The fourth-order valence-corrected chi connectivity index (χ4v) is 1.43. The van der Waals surface area contributed by atoms with Gasteiger partial charge < -0.3 is 0 Å². The third-order valence-electron chi connectivity index (χ3n) is 0.523. The van der Waals surface area contributed by atoms with E-state index in [9.17, 15) is 0 Å². The molecule has 0 aromatic heterocycles. The van der Waals surface area contributed by atoms with E-state index in [1.807, 2.05) is 31.0 Å². The summed E-state index contributed by atoms with van der Waals surface area (Å²) in [5, 5.41) is 1.89. The van der Waals surface area contributed by atoms with Crippen molar-refractivity contribution in [3.8, 4) is 0 Å². The topological polar surface area (TPSA) is 0 Å². The van der Waals surface area contributed by atoms with Crippen LogP contribution in [0.3, 0.4) is 0 Å². The third-order valence-corrected chi connectivity index (χ3v) is 2.07. The molecule has 0 spiro atoms. The van der Waals surface area contributed by atoms with Gasteiger partial charge in [-0.15, -0.1) is 11.8 Å². The molecule has 0 bridgehead atoms. The Hall–Kier alpha value is 0.440. The van der Waals surface area contributed by atoms with E-state index in [1.54, 1.807) is 11.8 Å². The molecule has 0 aliphatic carbocycles. The van der Waals surface area contributed by atoms with Gasteiger partial charge in [-0.1, -0.05) is 20.4 Å². The molecule has 2 heteroatoms. The first-order valence-corrected chi connectivity index (χ1v) is 5.57. The summed E-state index contributed by atoms with van der Waals surface area (Å²) in [4.78, 5) is 0. The van der Waals surface area contributed by atoms with Crippen LogP contribution in [0.4, 0.5) is 0 Å². The van der Waals surface area contributed by atoms with Crippen molar-refractivity contribution in [1.82, 2.24) is 0 Å². The molecule has 0 aromatic carbocycles. The molecule has 9 heavy (non-hydrogen) atoms. The van der Waals surface area contributed by atoms with Crippen molar-refractivity contribution in [1.29, 1.82) is 0 Å². The number of rotatable bonds is 4.